The third-order valence-electron chi connectivity index (χ3n) is 4.45. The van der Waals surface area contributed by atoms with Crippen LogP contribution in [-0.2, 0) is 9.31 Å². The number of nitrogens with zero attached hydrogens (tertiary/aromatic N) is 1. The molecule has 0 aromatic carbocycles. The van der Waals surface area contributed by atoms with Gasteiger partial charge in [0.25, 0.3) is 5.91 Å². The number of carbonyl (C=O) groups excluding carboxylic acids is 1. The monoisotopic (exact) mass is 288 g/mol. The standard InChI is InChI=1S/C15H21BN2O3/c1-14(2)15(3,4)21-16(20-14)10-7-8-17-12(9-10)13(19)18-11-5-6-11/h7-9,11H,5-6H2,1-4H3,(H,18,19). The van der Waals surface area contributed by atoms with Gasteiger partial charge in [-0.1, -0.05) is 0 Å². The molecule has 3 rings (SSSR count). The van der Waals surface area contributed by atoms with Crippen molar-refractivity contribution in [3.05, 3.63) is 24.0 Å². The molecular formula is C15H21BN2O3. The number of carbonyl (C=O) groups is 1. The Hall–Kier alpha value is -1.40. The molecule has 112 valence electrons. The van der Waals surface area contributed by atoms with Gasteiger partial charge in [0.2, 0.25) is 0 Å². The number of aromatic nitrogens is 1. The van der Waals surface area contributed by atoms with Gasteiger partial charge in [0.05, 0.1) is 11.2 Å². The maximum atomic E-state index is 12.1. The molecule has 1 aliphatic carbocycles. The summed E-state index contributed by atoms with van der Waals surface area (Å²) in [5, 5.41) is 2.94. The van der Waals surface area contributed by atoms with Crippen LogP contribution < -0.4 is 10.8 Å². The lowest BCUT2D eigenvalue weighted by molar-refractivity contribution is 0.00578. The summed E-state index contributed by atoms with van der Waals surface area (Å²) in [5.74, 6) is -0.129. The maximum Gasteiger partial charge on any atom is 0.494 e. The van der Waals surface area contributed by atoms with E-state index < -0.39 is 18.3 Å². The number of pyridine rings is 1. The van der Waals surface area contributed by atoms with Crippen LogP contribution in [0.1, 0.15) is 51.0 Å². The van der Waals surface area contributed by atoms with E-state index in [1.807, 2.05) is 33.8 Å². The minimum atomic E-state index is -0.467. The normalized spacial score (nSPS) is 23.1. The van der Waals surface area contributed by atoms with Gasteiger partial charge in [0.15, 0.2) is 0 Å². The molecule has 5 nitrogen and oxygen atoms in total. The molecule has 2 fully saturated rings. The summed E-state index contributed by atoms with van der Waals surface area (Å²) in [6.45, 7) is 8.04. The van der Waals surface area contributed by atoms with Gasteiger partial charge in [-0.3, -0.25) is 9.78 Å². The van der Waals surface area contributed by atoms with Crippen LogP contribution in [0.4, 0.5) is 0 Å². The van der Waals surface area contributed by atoms with Crippen LogP contribution in [0.25, 0.3) is 0 Å². The summed E-state index contributed by atoms with van der Waals surface area (Å²) in [4.78, 5) is 16.2. The van der Waals surface area contributed by atoms with Gasteiger partial charge >= 0.3 is 7.12 Å². The summed E-state index contributed by atoms with van der Waals surface area (Å²) >= 11 is 0. The highest BCUT2D eigenvalue weighted by molar-refractivity contribution is 6.62. The van der Waals surface area contributed by atoms with Crippen molar-refractivity contribution in [3.8, 4) is 0 Å². The first-order valence-corrected chi connectivity index (χ1v) is 7.41. The van der Waals surface area contributed by atoms with Crippen molar-refractivity contribution in [3.63, 3.8) is 0 Å². The second kappa shape index (κ2) is 4.82. The van der Waals surface area contributed by atoms with Crippen molar-refractivity contribution in [2.45, 2.75) is 57.8 Å². The third-order valence-corrected chi connectivity index (χ3v) is 4.45. The smallest absolute Gasteiger partial charge is 0.399 e. The first kappa shape index (κ1) is 14.5. The summed E-state index contributed by atoms with van der Waals surface area (Å²) in [5.41, 5.74) is 0.452. The molecule has 1 aromatic heterocycles. The molecule has 0 spiro atoms. The minimum absolute atomic E-state index is 0.129. The second-order valence-corrected chi connectivity index (χ2v) is 6.81. The zero-order valence-corrected chi connectivity index (χ0v) is 13.0. The molecule has 1 saturated carbocycles. The Labute approximate surface area is 125 Å². The van der Waals surface area contributed by atoms with E-state index in [0.29, 0.717) is 11.7 Å². The fraction of sp³-hybridized carbons (Fsp3) is 0.600. The van der Waals surface area contributed by atoms with Gasteiger partial charge in [-0.05, 0) is 58.1 Å². The minimum Gasteiger partial charge on any atom is -0.399 e. The van der Waals surface area contributed by atoms with Crippen molar-refractivity contribution in [1.29, 1.82) is 0 Å². The van der Waals surface area contributed by atoms with Gasteiger partial charge in [-0.2, -0.15) is 0 Å². The van der Waals surface area contributed by atoms with Crippen LogP contribution >= 0.6 is 0 Å². The molecule has 0 unspecified atom stereocenters. The SMILES string of the molecule is CC1(C)OB(c2ccnc(C(=O)NC3CC3)c2)OC1(C)C. The van der Waals surface area contributed by atoms with Crippen molar-refractivity contribution in [1.82, 2.24) is 10.3 Å². The zero-order valence-electron chi connectivity index (χ0n) is 13.0. The molecule has 6 heteroatoms. The van der Waals surface area contributed by atoms with E-state index >= 15 is 0 Å². The zero-order chi connectivity index (χ0) is 15.3. The van der Waals surface area contributed by atoms with Crippen LogP contribution in [0, 0.1) is 0 Å². The third kappa shape index (κ3) is 2.83. The average Bonchev–Trinajstić information content (AvgIpc) is 3.17. The summed E-state index contributed by atoms with van der Waals surface area (Å²) in [6.07, 6.45) is 3.74. The number of hydrogen-bond donors (Lipinski definition) is 1. The summed E-state index contributed by atoms with van der Waals surface area (Å²) < 4.78 is 12.0. The number of rotatable bonds is 3. The number of amides is 1. The highest BCUT2D eigenvalue weighted by atomic mass is 16.7. The van der Waals surface area contributed by atoms with Crippen molar-refractivity contribution in [2.75, 3.05) is 0 Å². The molecule has 2 aliphatic rings. The topological polar surface area (TPSA) is 60.5 Å². The Morgan fingerprint density at radius 3 is 2.48 bits per heavy atom. The fourth-order valence-electron chi connectivity index (χ4n) is 2.18. The number of hydrogen-bond acceptors (Lipinski definition) is 4. The van der Waals surface area contributed by atoms with Gasteiger partial charge in [0, 0.05) is 12.2 Å². The van der Waals surface area contributed by atoms with Gasteiger partial charge < -0.3 is 14.6 Å². The van der Waals surface area contributed by atoms with E-state index in [1.54, 1.807) is 12.3 Å². The van der Waals surface area contributed by atoms with E-state index in [2.05, 4.69) is 10.3 Å². The first-order chi connectivity index (χ1) is 9.78. The lowest BCUT2D eigenvalue weighted by Crippen LogP contribution is -2.41. The fourth-order valence-corrected chi connectivity index (χ4v) is 2.18. The first-order valence-electron chi connectivity index (χ1n) is 7.41. The Bertz CT molecular complexity index is 554. The molecule has 1 amide bonds. The van der Waals surface area contributed by atoms with Crippen molar-refractivity contribution >= 4 is 18.5 Å². The largest absolute Gasteiger partial charge is 0.494 e. The Morgan fingerprint density at radius 2 is 1.90 bits per heavy atom. The van der Waals surface area contributed by atoms with Gasteiger partial charge in [-0.25, -0.2) is 0 Å². The molecule has 1 saturated heterocycles. The highest BCUT2D eigenvalue weighted by Gasteiger charge is 2.51. The van der Waals surface area contributed by atoms with Crippen LogP contribution in [0.3, 0.4) is 0 Å². The number of nitrogens with one attached hydrogen (secondary N) is 1. The van der Waals surface area contributed by atoms with Crippen LogP contribution in [-0.4, -0.2) is 35.3 Å². The van der Waals surface area contributed by atoms with E-state index in [4.69, 9.17) is 9.31 Å². The van der Waals surface area contributed by atoms with Crippen LogP contribution in [0.15, 0.2) is 18.3 Å². The second-order valence-electron chi connectivity index (χ2n) is 6.81. The van der Waals surface area contributed by atoms with Crippen LogP contribution in [0.5, 0.6) is 0 Å². The van der Waals surface area contributed by atoms with Gasteiger partial charge in [-0.15, -0.1) is 0 Å². The van der Waals surface area contributed by atoms with E-state index in [-0.39, 0.29) is 5.91 Å². The quantitative estimate of drug-likeness (QED) is 0.851. The molecule has 1 aromatic rings. The van der Waals surface area contributed by atoms with Crippen molar-refractivity contribution < 1.29 is 14.1 Å². The maximum absolute atomic E-state index is 12.1. The Morgan fingerprint density at radius 1 is 1.29 bits per heavy atom. The lowest BCUT2D eigenvalue weighted by Gasteiger charge is -2.32. The van der Waals surface area contributed by atoms with Crippen molar-refractivity contribution in [2.24, 2.45) is 0 Å². The van der Waals surface area contributed by atoms with E-state index in [1.165, 1.54) is 0 Å². The molecular weight excluding hydrogens is 267 g/mol. The van der Waals surface area contributed by atoms with E-state index in [0.717, 1.165) is 18.3 Å². The Kier molecular flexibility index (Phi) is 3.33. The molecule has 2 heterocycles. The lowest BCUT2D eigenvalue weighted by atomic mass is 9.79. The highest BCUT2D eigenvalue weighted by Crippen LogP contribution is 2.36. The summed E-state index contributed by atoms with van der Waals surface area (Å²) in [7, 11) is -0.467. The molecule has 21 heavy (non-hydrogen) atoms. The Balaban J connectivity index is 1.79. The molecule has 0 bridgehead atoms. The molecule has 1 aliphatic heterocycles. The van der Waals surface area contributed by atoms with Crippen LogP contribution in [0.2, 0.25) is 0 Å². The van der Waals surface area contributed by atoms with E-state index in [9.17, 15) is 4.79 Å². The predicted octanol–water partition coefficient (Wildman–Crippen LogP) is 1.27. The van der Waals surface area contributed by atoms with Gasteiger partial charge in [0.1, 0.15) is 5.69 Å². The average molecular weight is 288 g/mol. The molecule has 0 radical (unpaired) electrons. The predicted molar refractivity (Wildman–Crippen MR) is 80.4 cm³/mol. The molecule has 0 atom stereocenters. The summed E-state index contributed by atoms with van der Waals surface area (Å²) in [6, 6.07) is 3.90. The molecule has 1 N–H and O–H groups in total.